The predicted octanol–water partition coefficient (Wildman–Crippen LogP) is 3.27. The molecule has 2 nitrogen and oxygen atoms in total. The fraction of sp³-hybridized carbons (Fsp3) is 0.733. The summed E-state index contributed by atoms with van der Waals surface area (Å²) in [5, 5.41) is 5.75. The Hall–Kier alpha value is -0.380. The zero-order valence-corrected chi connectivity index (χ0v) is 12.8. The molecular formula is C15H26N2S. The molecule has 0 aliphatic carbocycles. The van der Waals surface area contributed by atoms with Gasteiger partial charge in [0.05, 0.1) is 0 Å². The second kappa shape index (κ2) is 6.18. The molecule has 0 radical (unpaired) electrons. The van der Waals surface area contributed by atoms with Crippen molar-refractivity contribution in [2.24, 2.45) is 5.41 Å². The largest absolute Gasteiger partial charge is 0.311 e. The molecule has 0 aromatic carbocycles. The van der Waals surface area contributed by atoms with Crippen LogP contribution in [0.5, 0.6) is 0 Å². The van der Waals surface area contributed by atoms with Crippen molar-refractivity contribution in [2.75, 3.05) is 26.2 Å². The average Bonchev–Trinajstić information content (AvgIpc) is 2.72. The third-order valence-electron chi connectivity index (χ3n) is 4.07. The number of thiophene rings is 1. The lowest BCUT2D eigenvalue weighted by Crippen LogP contribution is -2.40. The van der Waals surface area contributed by atoms with Crippen molar-refractivity contribution in [2.45, 2.75) is 40.2 Å². The van der Waals surface area contributed by atoms with E-state index >= 15 is 0 Å². The van der Waals surface area contributed by atoms with E-state index in [1.807, 2.05) is 11.3 Å². The average molecular weight is 266 g/mol. The number of rotatable bonds is 5. The van der Waals surface area contributed by atoms with Crippen LogP contribution in [-0.4, -0.2) is 31.1 Å². The van der Waals surface area contributed by atoms with Gasteiger partial charge in [-0.1, -0.05) is 13.8 Å². The van der Waals surface area contributed by atoms with Crippen LogP contribution in [0.4, 0.5) is 0 Å². The molecule has 102 valence electrons. The van der Waals surface area contributed by atoms with Gasteiger partial charge in [-0.15, -0.1) is 11.3 Å². The smallest absolute Gasteiger partial charge is 0.0302 e. The molecule has 3 heteroatoms. The first-order valence-electron chi connectivity index (χ1n) is 7.03. The van der Waals surface area contributed by atoms with Crippen molar-refractivity contribution in [1.29, 1.82) is 0 Å². The van der Waals surface area contributed by atoms with Crippen LogP contribution in [0.15, 0.2) is 11.4 Å². The molecule has 18 heavy (non-hydrogen) atoms. The van der Waals surface area contributed by atoms with Crippen LogP contribution in [0.2, 0.25) is 0 Å². The number of nitrogens with zero attached hydrogens (tertiary/aromatic N) is 1. The Balaban J connectivity index is 1.61. The first kappa shape index (κ1) is 14.0. The van der Waals surface area contributed by atoms with E-state index in [-0.39, 0.29) is 0 Å². The normalized spacial score (nSPS) is 20.2. The molecule has 0 unspecified atom stereocenters. The maximum atomic E-state index is 3.57. The summed E-state index contributed by atoms with van der Waals surface area (Å²) in [5.41, 5.74) is 1.99. The van der Waals surface area contributed by atoms with E-state index in [1.54, 1.807) is 0 Å². The zero-order chi connectivity index (χ0) is 13.0. The van der Waals surface area contributed by atoms with E-state index in [4.69, 9.17) is 0 Å². The molecule has 1 fully saturated rings. The Labute approximate surface area is 115 Å². The van der Waals surface area contributed by atoms with Crippen LogP contribution >= 0.6 is 11.3 Å². The third kappa shape index (κ3) is 4.08. The summed E-state index contributed by atoms with van der Waals surface area (Å²) in [6, 6.07) is 2.20. The molecular weight excluding hydrogens is 240 g/mol. The minimum atomic E-state index is 0.567. The summed E-state index contributed by atoms with van der Waals surface area (Å²) in [6.45, 7) is 12.9. The van der Waals surface area contributed by atoms with Gasteiger partial charge in [-0.05, 0) is 55.3 Å². The molecule has 0 atom stereocenters. The van der Waals surface area contributed by atoms with Crippen LogP contribution in [0.25, 0.3) is 0 Å². The molecule has 1 aromatic rings. The lowest BCUT2D eigenvalue weighted by atomic mass is 9.83. The predicted molar refractivity (Wildman–Crippen MR) is 80.2 cm³/mol. The maximum Gasteiger partial charge on any atom is 0.0302 e. The fourth-order valence-electron chi connectivity index (χ4n) is 2.41. The third-order valence-corrected chi connectivity index (χ3v) is 5.09. The summed E-state index contributed by atoms with van der Waals surface area (Å²) in [6.07, 6.45) is 2.69. The minimum absolute atomic E-state index is 0.567. The highest BCUT2D eigenvalue weighted by molar-refractivity contribution is 7.10. The Morgan fingerprint density at radius 1 is 1.33 bits per heavy atom. The van der Waals surface area contributed by atoms with Gasteiger partial charge >= 0.3 is 0 Å². The zero-order valence-electron chi connectivity index (χ0n) is 12.0. The summed E-state index contributed by atoms with van der Waals surface area (Å²) >= 11 is 1.86. The van der Waals surface area contributed by atoms with E-state index in [0.29, 0.717) is 5.41 Å². The van der Waals surface area contributed by atoms with Gasteiger partial charge in [0.1, 0.15) is 0 Å². The van der Waals surface area contributed by atoms with Gasteiger partial charge in [-0.3, -0.25) is 0 Å². The molecule has 2 rings (SSSR count). The van der Waals surface area contributed by atoms with Crippen LogP contribution in [0.1, 0.15) is 37.1 Å². The Morgan fingerprint density at radius 2 is 2.06 bits per heavy atom. The van der Waals surface area contributed by atoms with Crippen LogP contribution < -0.4 is 5.32 Å². The summed E-state index contributed by atoms with van der Waals surface area (Å²) in [4.78, 5) is 4.08. The molecule has 1 N–H and O–H groups in total. The lowest BCUT2D eigenvalue weighted by Gasteiger charge is -2.36. The fourth-order valence-corrected chi connectivity index (χ4v) is 3.28. The number of likely N-dealkylation sites (tertiary alicyclic amines) is 1. The van der Waals surface area contributed by atoms with Gasteiger partial charge in [0, 0.05) is 24.5 Å². The molecule has 1 saturated heterocycles. The van der Waals surface area contributed by atoms with Gasteiger partial charge in [0.2, 0.25) is 0 Å². The minimum Gasteiger partial charge on any atom is -0.311 e. The number of nitrogens with one attached hydrogen (secondary N) is 1. The second-order valence-electron chi connectivity index (χ2n) is 6.21. The number of piperidine rings is 1. The summed E-state index contributed by atoms with van der Waals surface area (Å²) in [5.74, 6) is 0. The van der Waals surface area contributed by atoms with Gasteiger partial charge < -0.3 is 10.2 Å². The van der Waals surface area contributed by atoms with Crippen molar-refractivity contribution in [3.63, 3.8) is 0 Å². The van der Waals surface area contributed by atoms with Crippen molar-refractivity contribution in [3.05, 3.63) is 21.9 Å². The van der Waals surface area contributed by atoms with Crippen LogP contribution in [-0.2, 0) is 6.54 Å². The Bertz CT molecular complexity index is 360. The number of aryl methyl sites for hydroxylation is 1. The van der Waals surface area contributed by atoms with Gasteiger partial charge in [-0.2, -0.15) is 0 Å². The van der Waals surface area contributed by atoms with E-state index in [0.717, 1.165) is 13.1 Å². The maximum absolute atomic E-state index is 3.57. The summed E-state index contributed by atoms with van der Waals surface area (Å²) in [7, 11) is 0. The highest BCUT2D eigenvalue weighted by Crippen LogP contribution is 2.29. The molecule has 0 spiro atoms. The summed E-state index contributed by atoms with van der Waals surface area (Å²) < 4.78 is 0. The standard InChI is InChI=1S/C15H26N2S/c1-13-4-11-18-14(13)12-16-7-10-17-8-5-15(2,3)6-9-17/h4,11,16H,5-10,12H2,1-3H3. The van der Waals surface area contributed by atoms with Gasteiger partial charge in [-0.25, -0.2) is 0 Å². The van der Waals surface area contributed by atoms with Crippen molar-refractivity contribution >= 4 is 11.3 Å². The van der Waals surface area contributed by atoms with E-state index in [1.165, 1.54) is 42.9 Å². The topological polar surface area (TPSA) is 15.3 Å². The quantitative estimate of drug-likeness (QED) is 0.823. The van der Waals surface area contributed by atoms with Crippen LogP contribution in [0, 0.1) is 12.3 Å². The van der Waals surface area contributed by atoms with Crippen molar-refractivity contribution < 1.29 is 0 Å². The first-order valence-corrected chi connectivity index (χ1v) is 7.91. The van der Waals surface area contributed by atoms with Crippen molar-refractivity contribution in [1.82, 2.24) is 10.2 Å². The van der Waals surface area contributed by atoms with E-state index in [2.05, 4.69) is 42.4 Å². The first-order chi connectivity index (χ1) is 8.57. The molecule has 1 aliphatic rings. The molecule has 1 aliphatic heterocycles. The molecule has 0 amide bonds. The van der Waals surface area contributed by atoms with Crippen molar-refractivity contribution in [3.8, 4) is 0 Å². The van der Waals surface area contributed by atoms with Gasteiger partial charge in [0.25, 0.3) is 0 Å². The lowest BCUT2D eigenvalue weighted by molar-refractivity contribution is 0.133. The SMILES string of the molecule is Cc1ccsc1CNCCN1CCC(C)(C)CC1. The monoisotopic (exact) mass is 266 g/mol. The molecule has 0 saturated carbocycles. The highest BCUT2D eigenvalue weighted by Gasteiger charge is 2.24. The molecule has 2 heterocycles. The highest BCUT2D eigenvalue weighted by atomic mass is 32.1. The molecule has 1 aromatic heterocycles. The number of hydrogen-bond donors (Lipinski definition) is 1. The van der Waals surface area contributed by atoms with E-state index in [9.17, 15) is 0 Å². The number of hydrogen-bond acceptors (Lipinski definition) is 3. The second-order valence-corrected chi connectivity index (χ2v) is 7.21. The molecule has 0 bridgehead atoms. The van der Waals surface area contributed by atoms with E-state index < -0.39 is 0 Å². The Kier molecular flexibility index (Phi) is 4.82. The Morgan fingerprint density at radius 3 is 2.67 bits per heavy atom. The van der Waals surface area contributed by atoms with Crippen LogP contribution in [0.3, 0.4) is 0 Å². The van der Waals surface area contributed by atoms with Gasteiger partial charge in [0.15, 0.2) is 0 Å².